The molecule has 2 N–H and O–H groups in total. The molecule has 48 valence electrons. The minimum Gasteiger partial charge on any atom is -0.412 e. The van der Waals surface area contributed by atoms with Crippen LogP contribution >= 0.6 is 0 Å². The van der Waals surface area contributed by atoms with Gasteiger partial charge < -0.3 is 5.48 Å². The molecule has 0 spiro atoms. The van der Waals surface area contributed by atoms with E-state index in [9.17, 15) is 0 Å². The van der Waals surface area contributed by atoms with Gasteiger partial charge in [-0.3, -0.25) is 4.90 Å². The largest absolute Gasteiger partial charge is 0.412 e. The second-order valence-electron chi connectivity index (χ2n) is 1.77. The third-order valence-corrected chi connectivity index (χ3v) is 0.961. The SMILES string of the molecule is CC(C#N)N(C)C.O. The van der Waals surface area contributed by atoms with Gasteiger partial charge in [0, 0.05) is 0 Å². The van der Waals surface area contributed by atoms with Gasteiger partial charge in [-0.1, -0.05) is 0 Å². The Morgan fingerprint density at radius 1 is 1.50 bits per heavy atom. The van der Waals surface area contributed by atoms with E-state index in [1.54, 1.807) is 0 Å². The Labute approximate surface area is 49.8 Å². The van der Waals surface area contributed by atoms with Crippen molar-refractivity contribution in [1.29, 1.82) is 5.26 Å². The van der Waals surface area contributed by atoms with Gasteiger partial charge in [0.05, 0.1) is 12.1 Å². The van der Waals surface area contributed by atoms with Crippen molar-refractivity contribution in [3.05, 3.63) is 0 Å². The molecule has 0 fully saturated rings. The smallest absolute Gasteiger partial charge is 0.0944 e. The molecule has 0 radical (unpaired) electrons. The summed E-state index contributed by atoms with van der Waals surface area (Å²) in [5.41, 5.74) is 0. The molecule has 0 saturated heterocycles. The van der Waals surface area contributed by atoms with Crippen molar-refractivity contribution in [3.63, 3.8) is 0 Å². The average molecular weight is 116 g/mol. The molecule has 8 heavy (non-hydrogen) atoms. The van der Waals surface area contributed by atoms with Gasteiger partial charge in [0.25, 0.3) is 0 Å². The summed E-state index contributed by atoms with van der Waals surface area (Å²) in [5, 5.41) is 8.21. The Morgan fingerprint density at radius 2 is 1.88 bits per heavy atom. The van der Waals surface area contributed by atoms with Crippen LogP contribution in [0.25, 0.3) is 0 Å². The summed E-state index contributed by atoms with van der Waals surface area (Å²) in [6.45, 7) is 1.86. The lowest BCUT2D eigenvalue weighted by Crippen LogP contribution is -2.22. The fraction of sp³-hybridized carbons (Fsp3) is 0.800. The van der Waals surface area contributed by atoms with E-state index in [1.165, 1.54) is 0 Å². The Balaban J connectivity index is 0. The van der Waals surface area contributed by atoms with Crippen molar-refractivity contribution < 1.29 is 5.48 Å². The lowest BCUT2D eigenvalue weighted by molar-refractivity contribution is 0.371. The minimum atomic E-state index is 0. The van der Waals surface area contributed by atoms with Gasteiger partial charge >= 0.3 is 0 Å². The lowest BCUT2D eigenvalue weighted by atomic mass is 10.4. The topological polar surface area (TPSA) is 58.5 Å². The molecule has 1 unspecified atom stereocenters. The zero-order valence-corrected chi connectivity index (χ0v) is 5.47. The summed E-state index contributed by atoms with van der Waals surface area (Å²) in [6.07, 6.45) is 0. The summed E-state index contributed by atoms with van der Waals surface area (Å²) >= 11 is 0. The van der Waals surface area contributed by atoms with Crippen LogP contribution in [0.2, 0.25) is 0 Å². The predicted molar refractivity (Wildman–Crippen MR) is 32.4 cm³/mol. The van der Waals surface area contributed by atoms with Crippen LogP contribution in [0, 0.1) is 11.3 Å². The predicted octanol–water partition coefficient (Wildman–Crippen LogP) is -0.365. The quantitative estimate of drug-likeness (QED) is 0.469. The van der Waals surface area contributed by atoms with E-state index in [1.807, 2.05) is 25.9 Å². The van der Waals surface area contributed by atoms with Crippen LogP contribution in [0.3, 0.4) is 0 Å². The summed E-state index contributed by atoms with van der Waals surface area (Å²) in [4.78, 5) is 1.86. The highest BCUT2D eigenvalue weighted by molar-refractivity contribution is 4.84. The molecule has 0 amide bonds. The lowest BCUT2D eigenvalue weighted by Gasteiger charge is -2.09. The summed E-state index contributed by atoms with van der Waals surface area (Å²) in [5.74, 6) is 0. The molecular weight excluding hydrogens is 104 g/mol. The first-order chi connectivity index (χ1) is 3.18. The van der Waals surface area contributed by atoms with E-state index in [4.69, 9.17) is 5.26 Å². The molecule has 1 atom stereocenters. The van der Waals surface area contributed by atoms with Gasteiger partial charge in [-0.05, 0) is 21.0 Å². The Kier molecular flexibility index (Phi) is 5.94. The van der Waals surface area contributed by atoms with E-state index in [0.717, 1.165) is 0 Å². The third kappa shape index (κ3) is 3.59. The molecule has 3 heteroatoms. The molecule has 0 heterocycles. The maximum atomic E-state index is 8.21. The van der Waals surface area contributed by atoms with Crippen LogP contribution in [0.5, 0.6) is 0 Å². The second kappa shape index (κ2) is 4.57. The van der Waals surface area contributed by atoms with Crippen LogP contribution in [-0.2, 0) is 0 Å². The highest BCUT2D eigenvalue weighted by Gasteiger charge is 1.97. The normalized spacial score (nSPS) is 11.9. The molecule has 0 aliphatic rings. The molecule has 3 nitrogen and oxygen atoms in total. The fourth-order valence-corrected chi connectivity index (χ4v) is 0.115. The average Bonchev–Trinajstić information content (AvgIpc) is 1.65. The van der Waals surface area contributed by atoms with Crippen LogP contribution in [0.15, 0.2) is 0 Å². The highest BCUT2D eigenvalue weighted by Crippen LogP contribution is 1.84. The van der Waals surface area contributed by atoms with Gasteiger partial charge in [-0.15, -0.1) is 0 Å². The first kappa shape index (κ1) is 10.4. The fourth-order valence-electron chi connectivity index (χ4n) is 0.115. The van der Waals surface area contributed by atoms with Crippen molar-refractivity contribution in [1.82, 2.24) is 4.90 Å². The second-order valence-corrected chi connectivity index (χ2v) is 1.77. The number of rotatable bonds is 1. The van der Waals surface area contributed by atoms with Gasteiger partial charge in [0.2, 0.25) is 0 Å². The molecule has 0 saturated carbocycles. The first-order valence-electron chi connectivity index (χ1n) is 2.24. The molecule has 0 aromatic carbocycles. The van der Waals surface area contributed by atoms with Crippen molar-refractivity contribution in [3.8, 4) is 6.07 Å². The van der Waals surface area contributed by atoms with Crippen molar-refractivity contribution in [2.45, 2.75) is 13.0 Å². The number of hydrogen-bond donors (Lipinski definition) is 0. The number of nitriles is 1. The maximum absolute atomic E-state index is 8.21. The van der Waals surface area contributed by atoms with Crippen LogP contribution < -0.4 is 0 Å². The number of hydrogen-bond acceptors (Lipinski definition) is 2. The van der Waals surface area contributed by atoms with E-state index in [0.29, 0.717) is 0 Å². The summed E-state index contributed by atoms with van der Waals surface area (Å²) < 4.78 is 0. The van der Waals surface area contributed by atoms with Gasteiger partial charge in [0.1, 0.15) is 0 Å². The van der Waals surface area contributed by atoms with Gasteiger partial charge in [0.15, 0.2) is 0 Å². The third-order valence-electron chi connectivity index (χ3n) is 0.961. The molecule has 0 aliphatic heterocycles. The molecule has 0 rings (SSSR count). The van der Waals surface area contributed by atoms with E-state index < -0.39 is 0 Å². The van der Waals surface area contributed by atoms with Crippen LogP contribution in [-0.4, -0.2) is 30.5 Å². The van der Waals surface area contributed by atoms with Gasteiger partial charge in [-0.2, -0.15) is 5.26 Å². The first-order valence-corrected chi connectivity index (χ1v) is 2.24. The van der Waals surface area contributed by atoms with Crippen molar-refractivity contribution in [2.75, 3.05) is 14.1 Å². The molecule has 0 bridgehead atoms. The molecule has 0 aromatic heterocycles. The van der Waals surface area contributed by atoms with E-state index in [2.05, 4.69) is 6.07 Å². The Morgan fingerprint density at radius 3 is 1.88 bits per heavy atom. The van der Waals surface area contributed by atoms with Crippen molar-refractivity contribution >= 4 is 0 Å². The monoisotopic (exact) mass is 116 g/mol. The highest BCUT2D eigenvalue weighted by atomic mass is 16.0. The Hall–Kier alpha value is -0.590. The zero-order chi connectivity index (χ0) is 5.86. The standard InChI is InChI=1S/C5H10N2.H2O/c1-5(4-6)7(2)3;/h5H,1-3H3;1H2. The van der Waals surface area contributed by atoms with Crippen LogP contribution in [0.4, 0.5) is 0 Å². The minimum absolute atomic E-state index is 0. The van der Waals surface area contributed by atoms with Crippen LogP contribution in [0.1, 0.15) is 6.92 Å². The summed E-state index contributed by atoms with van der Waals surface area (Å²) in [6, 6.07) is 2.13. The molecule has 0 aliphatic carbocycles. The molecular formula is C5H12N2O. The van der Waals surface area contributed by atoms with Crippen molar-refractivity contribution in [2.24, 2.45) is 0 Å². The Bertz CT molecular complexity index is 84.9. The van der Waals surface area contributed by atoms with Gasteiger partial charge in [-0.25, -0.2) is 0 Å². The number of nitrogens with zero attached hydrogens (tertiary/aromatic N) is 2. The maximum Gasteiger partial charge on any atom is 0.0944 e. The summed E-state index contributed by atoms with van der Waals surface area (Å²) in [7, 11) is 3.77. The molecule has 0 aromatic rings. The van der Waals surface area contributed by atoms with E-state index in [-0.39, 0.29) is 11.5 Å². The zero-order valence-electron chi connectivity index (χ0n) is 5.47. The van der Waals surface area contributed by atoms with E-state index >= 15 is 0 Å².